The predicted molar refractivity (Wildman–Crippen MR) is 314 cm³/mol. The molecule has 0 aromatic heterocycles. The van der Waals surface area contributed by atoms with Gasteiger partial charge in [0.2, 0.25) is 5.91 Å². The highest BCUT2D eigenvalue weighted by atomic mass is 16.6. The second kappa shape index (κ2) is 76.9. The predicted octanol–water partition coefficient (Wildman–Crippen LogP) is -0.488. The van der Waals surface area contributed by atoms with E-state index in [1.807, 2.05) is 0 Å². The highest BCUT2D eigenvalue weighted by Crippen LogP contribution is 1.99. The van der Waals surface area contributed by atoms with Gasteiger partial charge >= 0.3 is 11.9 Å². The van der Waals surface area contributed by atoms with E-state index in [1.165, 1.54) is 0 Å². The third-order valence-electron chi connectivity index (χ3n) is 10.8. The summed E-state index contributed by atoms with van der Waals surface area (Å²) in [7, 11) is 0. The SMILES string of the molecule is NCCOCCOCCOCCOCCOCCOCCOCCOCCC(=O)N(CCOCCOCCOCCOCCOCCOCCOCCOCCC(=O)O)CCOCCOCCOCCOCCOCCOCCOCCOCCC(=O)O. The van der Waals surface area contributed by atoms with Gasteiger partial charge in [-0.3, -0.25) is 14.4 Å². The lowest BCUT2D eigenvalue weighted by Crippen LogP contribution is -2.37. The Bertz CT molecular complexity index is 1330. The lowest BCUT2D eigenvalue weighted by molar-refractivity contribution is -0.139. The van der Waals surface area contributed by atoms with Crippen LogP contribution < -0.4 is 5.73 Å². The molecule has 0 aliphatic heterocycles. The van der Waals surface area contributed by atoms with Gasteiger partial charge < -0.3 is 135 Å². The highest BCUT2D eigenvalue weighted by Gasteiger charge is 2.14. The van der Waals surface area contributed by atoms with Crippen molar-refractivity contribution in [3.8, 4) is 0 Å². The summed E-state index contributed by atoms with van der Waals surface area (Å²) in [5.74, 6) is -1.87. The van der Waals surface area contributed by atoms with Gasteiger partial charge in [-0.25, -0.2) is 0 Å². The van der Waals surface area contributed by atoms with Gasteiger partial charge in [-0.05, 0) is 0 Å². The standard InChI is InChI=1S/C57H112N2O29/c58-4-10-68-16-22-74-28-34-80-40-46-86-52-49-83-43-37-77-31-25-71-19-13-65-7-1-55(60)59(5-11-69-17-23-75-29-35-81-41-47-87-53-50-84-44-38-78-32-26-72-20-14-66-8-2-56(61)62)6-12-70-18-24-76-30-36-82-42-48-88-54-51-85-45-39-79-33-27-73-21-15-67-9-3-57(63)64/h1-54,58H2,(H,61,62)(H,63,64). The third-order valence-corrected chi connectivity index (χ3v) is 10.8. The molecule has 1 amide bonds. The maximum atomic E-state index is 13.2. The zero-order valence-electron chi connectivity index (χ0n) is 52.6. The molecule has 4 N–H and O–H groups in total. The number of carbonyl (C=O) groups excluding carboxylic acids is 1. The summed E-state index contributed by atoms with van der Waals surface area (Å²) in [6.45, 7) is 20.7. The maximum absolute atomic E-state index is 13.2. The van der Waals surface area contributed by atoms with Crippen LogP contribution in [0.3, 0.4) is 0 Å². The summed E-state index contributed by atoms with van der Waals surface area (Å²) < 4.78 is 132. The molecule has 0 saturated heterocycles. The molecule has 0 bridgehead atoms. The molecule has 0 aliphatic carbocycles. The fourth-order valence-corrected chi connectivity index (χ4v) is 6.35. The average Bonchev–Trinajstić information content (AvgIpc) is 3.53. The van der Waals surface area contributed by atoms with Gasteiger partial charge in [0.25, 0.3) is 0 Å². The van der Waals surface area contributed by atoms with Crippen molar-refractivity contribution in [1.29, 1.82) is 0 Å². The summed E-state index contributed by atoms with van der Waals surface area (Å²) in [6.07, 6.45) is 0.138. The number of amides is 1. The summed E-state index contributed by atoms with van der Waals surface area (Å²) in [5.41, 5.74) is 5.36. The van der Waals surface area contributed by atoms with Crippen LogP contribution in [-0.4, -0.2) is 370 Å². The number of carboxylic acids is 2. The molecule has 0 aliphatic rings. The normalized spacial score (nSPS) is 11.6. The molecule has 0 saturated carbocycles. The number of rotatable bonds is 80. The Kier molecular flexibility index (Phi) is 74.6. The van der Waals surface area contributed by atoms with E-state index in [9.17, 15) is 14.4 Å². The number of carbonyl (C=O) groups is 3. The fraction of sp³-hybridized carbons (Fsp3) is 0.947. The van der Waals surface area contributed by atoms with E-state index in [0.717, 1.165) is 0 Å². The Hall–Kier alpha value is -2.59. The molecule has 0 aromatic carbocycles. The minimum absolute atomic E-state index is 0.0246. The molecular formula is C57H112N2O29. The molecule has 31 nitrogen and oxygen atoms in total. The first-order valence-corrected chi connectivity index (χ1v) is 30.7. The minimum Gasteiger partial charge on any atom is -0.481 e. The summed E-state index contributed by atoms with van der Waals surface area (Å²) in [5, 5.41) is 17.1. The number of hydrogen-bond donors (Lipinski definition) is 3. The second-order valence-electron chi connectivity index (χ2n) is 17.9. The number of carboxylic acid groups (broad SMARTS) is 2. The number of aliphatic carboxylic acids is 2. The van der Waals surface area contributed by atoms with Crippen LogP contribution in [0.5, 0.6) is 0 Å². The number of hydrogen-bond acceptors (Lipinski definition) is 28. The van der Waals surface area contributed by atoms with Crippen LogP contribution in [0.4, 0.5) is 0 Å². The zero-order chi connectivity index (χ0) is 63.5. The largest absolute Gasteiger partial charge is 0.481 e. The Labute approximate surface area is 521 Å². The molecule has 0 fully saturated rings. The molecule has 88 heavy (non-hydrogen) atoms. The Morgan fingerprint density at radius 2 is 0.341 bits per heavy atom. The van der Waals surface area contributed by atoms with Gasteiger partial charge in [0.1, 0.15) is 0 Å². The van der Waals surface area contributed by atoms with Gasteiger partial charge in [-0.15, -0.1) is 0 Å². The fourth-order valence-electron chi connectivity index (χ4n) is 6.35. The van der Waals surface area contributed by atoms with Crippen molar-refractivity contribution >= 4 is 17.8 Å². The van der Waals surface area contributed by atoms with Crippen molar-refractivity contribution in [3.63, 3.8) is 0 Å². The van der Waals surface area contributed by atoms with E-state index < -0.39 is 11.9 Å². The van der Waals surface area contributed by atoms with E-state index >= 15 is 0 Å². The van der Waals surface area contributed by atoms with E-state index in [1.54, 1.807) is 4.90 Å². The van der Waals surface area contributed by atoms with Gasteiger partial charge in [0, 0.05) is 19.6 Å². The van der Waals surface area contributed by atoms with E-state index in [4.69, 9.17) is 130 Å². The lowest BCUT2D eigenvalue weighted by atomic mass is 10.3. The van der Waals surface area contributed by atoms with Gasteiger partial charge in [-0.2, -0.15) is 0 Å². The lowest BCUT2D eigenvalue weighted by Gasteiger charge is -2.23. The van der Waals surface area contributed by atoms with E-state index in [0.29, 0.717) is 317 Å². The molecule has 0 heterocycles. The Morgan fingerprint density at radius 1 is 0.205 bits per heavy atom. The van der Waals surface area contributed by atoms with Crippen molar-refractivity contribution in [2.24, 2.45) is 5.73 Å². The van der Waals surface area contributed by atoms with Crippen LogP contribution >= 0.6 is 0 Å². The van der Waals surface area contributed by atoms with Crippen LogP contribution in [0.1, 0.15) is 19.3 Å². The molecule has 0 rings (SSSR count). The Balaban J connectivity index is 4.10. The highest BCUT2D eigenvalue weighted by molar-refractivity contribution is 5.76. The van der Waals surface area contributed by atoms with Crippen LogP contribution in [0, 0.1) is 0 Å². The van der Waals surface area contributed by atoms with Gasteiger partial charge in [0.15, 0.2) is 0 Å². The summed E-state index contributed by atoms with van der Waals surface area (Å²) in [4.78, 5) is 35.8. The van der Waals surface area contributed by atoms with Crippen LogP contribution in [0.25, 0.3) is 0 Å². The quantitative estimate of drug-likeness (QED) is 0.0647. The average molecular weight is 1290 g/mol. The van der Waals surface area contributed by atoms with Crippen LogP contribution in [0.15, 0.2) is 0 Å². The van der Waals surface area contributed by atoms with Crippen LogP contribution in [0.2, 0.25) is 0 Å². The molecule has 0 unspecified atom stereocenters. The monoisotopic (exact) mass is 1290 g/mol. The Morgan fingerprint density at radius 3 is 0.500 bits per heavy atom. The smallest absolute Gasteiger partial charge is 0.305 e. The first kappa shape index (κ1) is 85.4. The second-order valence-corrected chi connectivity index (χ2v) is 17.9. The molecule has 0 atom stereocenters. The van der Waals surface area contributed by atoms with Crippen molar-refractivity contribution in [1.82, 2.24) is 4.90 Å². The first-order valence-electron chi connectivity index (χ1n) is 30.7. The number of ether oxygens (including phenoxy) is 24. The van der Waals surface area contributed by atoms with Crippen LogP contribution in [-0.2, 0) is 128 Å². The number of nitrogens with zero attached hydrogens (tertiary/aromatic N) is 1. The molecular weight excluding hydrogens is 1180 g/mol. The molecule has 524 valence electrons. The minimum atomic E-state index is -0.891. The van der Waals surface area contributed by atoms with Gasteiger partial charge in [-0.1, -0.05) is 0 Å². The summed E-state index contributed by atoms with van der Waals surface area (Å²) >= 11 is 0. The van der Waals surface area contributed by atoms with E-state index in [2.05, 4.69) is 0 Å². The molecule has 0 radical (unpaired) electrons. The van der Waals surface area contributed by atoms with Crippen molar-refractivity contribution in [2.75, 3.05) is 337 Å². The van der Waals surface area contributed by atoms with Gasteiger partial charge in [0.05, 0.1) is 336 Å². The summed E-state index contributed by atoms with van der Waals surface area (Å²) in [6, 6.07) is 0. The molecule has 0 aromatic rings. The maximum Gasteiger partial charge on any atom is 0.305 e. The first-order chi connectivity index (χ1) is 43.5. The van der Waals surface area contributed by atoms with Crippen molar-refractivity contribution in [2.45, 2.75) is 19.3 Å². The molecule has 0 spiro atoms. The third kappa shape index (κ3) is 75.9. The van der Waals surface area contributed by atoms with Crippen molar-refractivity contribution in [3.05, 3.63) is 0 Å². The van der Waals surface area contributed by atoms with Crippen molar-refractivity contribution < 1.29 is 138 Å². The zero-order valence-corrected chi connectivity index (χ0v) is 52.6. The number of nitrogens with two attached hydrogens (primary N) is 1. The molecule has 31 heteroatoms. The topological polar surface area (TPSA) is 342 Å². The van der Waals surface area contributed by atoms with E-state index in [-0.39, 0.29) is 45.0 Å².